The fraction of sp³-hybridized carbons (Fsp3) is 0.133. The molecule has 0 bridgehead atoms. The van der Waals surface area contributed by atoms with Crippen LogP contribution in [0.4, 0.5) is 0 Å². The van der Waals surface area contributed by atoms with Gasteiger partial charge in [-0.2, -0.15) is 0 Å². The molecule has 1 heterocycles. The molecule has 3 rings (SSSR count). The van der Waals surface area contributed by atoms with E-state index < -0.39 is 0 Å². The highest BCUT2D eigenvalue weighted by atomic mass is 16.5. The summed E-state index contributed by atoms with van der Waals surface area (Å²) < 4.78 is 10.9. The Morgan fingerprint density at radius 1 is 1.22 bits per heavy atom. The van der Waals surface area contributed by atoms with Gasteiger partial charge in [0.15, 0.2) is 0 Å². The maximum absolute atomic E-state index is 12.4. The first-order valence-corrected chi connectivity index (χ1v) is 5.77. The Balaban J connectivity index is 2.39. The maximum Gasteiger partial charge on any atom is 0.200 e. The van der Waals surface area contributed by atoms with Crippen LogP contribution in [0.2, 0.25) is 0 Å². The third kappa shape index (κ3) is 1.64. The minimum Gasteiger partial charge on any atom is -0.497 e. The Kier molecular flexibility index (Phi) is 2.52. The Morgan fingerprint density at radius 2 is 2.06 bits per heavy atom. The van der Waals surface area contributed by atoms with Crippen LogP contribution >= 0.6 is 0 Å². The van der Waals surface area contributed by atoms with Crippen LogP contribution in [0.1, 0.15) is 17.7 Å². The van der Waals surface area contributed by atoms with E-state index >= 15 is 0 Å². The lowest BCUT2D eigenvalue weighted by Gasteiger charge is -2.05. The van der Waals surface area contributed by atoms with Crippen molar-refractivity contribution >= 4 is 23.1 Å². The van der Waals surface area contributed by atoms with Crippen molar-refractivity contribution in [3.8, 4) is 5.75 Å². The molecule has 1 aromatic heterocycles. The van der Waals surface area contributed by atoms with Crippen molar-refractivity contribution < 1.29 is 9.15 Å². The van der Waals surface area contributed by atoms with Crippen molar-refractivity contribution in [2.75, 3.05) is 7.11 Å². The van der Waals surface area contributed by atoms with Crippen molar-refractivity contribution in [3.63, 3.8) is 0 Å². The number of benzene rings is 1. The fourth-order valence-corrected chi connectivity index (χ4v) is 2.05. The highest BCUT2D eigenvalue weighted by Gasteiger charge is 2.12. The first-order chi connectivity index (χ1) is 8.79. The highest BCUT2D eigenvalue weighted by molar-refractivity contribution is 5.82. The van der Waals surface area contributed by atoms with E-state index in [0.717, 1.165) is 6.42 Å². The van der Waals surface area contributed by atoms with Gasteiger partial charge in [0.25, 0.3) is 0 Å². The number of fused-ring (bicyclic) bond motifs is 2. The lowest BCUT2D eigenvalue weighted by molar-refractivity contribution is 0.415. The van der Waals surface area contributed by atoms with E-state index in [1.807, 2.05) is 24.3 Å². The summed E-state index contributed by atoms with van der Waals surface area (Å²) >= 11 is 0. The Labute approximate surface area is 104 Å². The smallest absolute Gasteiger partial charge is 0.200 e. The molecule has 18 heavy (non-hydrogen) atoms. The average molecular weight is 240 g/mol. The molecule has 0 fully saturated rings. The van der Waals surface area contributed by atoms with Crippen LogP contribution in [0.3, 0.4) is 0 Å². The second kappa shape index (κ2) is 4.18. The van der Waals surface area contributed by atoms with Crippen LogP contribution in [-0.2, 0) is 0 Å². The molecule has 0 amide bonds. The Morgan fingerprint density at radius 3 is 2.89 bits per heavy atom. The van der Waals surface area contributed by atoms with Crippen LogP contribution in [-0.4, -0.2) is 7.11 Å². The van der Waals surface area contributed by atoms with Crippen molar-refractivity contribution in [2.45, 2.75) is 6.42 Å². The molecule has 0 saturated heterocycles. The van der Waals surface area contributed by atoms with Crippen LogP contribution in [0.5, 0.6) is 5.75 Å². The van der Waals surface area contributed by atoms with Gasteiger partial charge in [0, 0.05) is 0 Å². The maximum atomic E-state index is 12.4. The molecule has 0 unspecified atom stereocenters. The summed E-state index contributed by atoms with van der Waals surface area (Å²) in [4.78, 5) is 12.4. The minimum atomic E-state index is -0.0204. The van der Waals surface area contributed by atoms with Gasteiger partial charge < -0.3 is 9.15 Å². The van der Waals surface area contributed by atoms with Crippen LogP contribution in [0.25, 0.3) is 23.1 Å². The highest BCUT2D eigenvalue weighted by Crippen LogP contribution is 2.23. The van der Waals surface area contributed by atoms with Gasteiger partial charge in [0.2, 0.25) is 5.43 Å². The molecule has 0 N–H and O–H groups in total. The number of methoxy groups -OCH3 is 1. The molecule has 1 aromatic carbocycles. The van der Waals surface area contributed by atoms with E-state index in [9.17, 15) is 4.79 Å². The van der Waals surface area contributed by atoms with E-state index in [-0.39, 0.29) is 5.43 Å². The second-order valence-electron chi connectivity index (χ2n) is 4.11. The van der Waals surface area contributed by atoms with E-state index in [1.54, 1.807) is 25.3 Å². The lowest BCUT2D eigenvalue weighted by Crippen LogP contribution is -2.07. The van der Waals surface area contributed by atoms with Gasteiger partial charge in [-0.3, -0.25) is 4.79 Å². The number of rotatable bonds is 1. The van der Waals surface area contributed by atoms with E-state index in [1.165, 1.54) is 0 Å². The standard InChI is InChI=1S/C15H12O3/c1-17-10-7-8-14-12(9-10)15(16)11-5-3-2-4-6-13(11)18-14/h3-9H,2H2,1H3. The molecule has 0 aliphatic heterocycles. The predicted molar refractivity (Wildman–Crippen MR) is 71.7 cm³/mol. The van der Waals surface area contributed by atoms with Crippen LogP contribution in [0.15, 0.2) is 39.6 Å². The summed E-state index contributed by atoms with van der Waals surface area (Å²) in [5.74, 6) is 1.27. The van der Waals surface area contributed by atoms with Crippen molar-refractivity contribution in [3.05, 3.63) is 51.9 Å². The summed E-state index contributed by atoms with van der Waals surface area (Å²) in [5, 5.41) is 0.549. The molecule has 0 radical (unpaired) electrons. The van der Waals surface area contributed by atoms with Gasteiger partial charge in [-0.25, -0.2) is 0 Å². The molecule has 2 aromatic rings. The van der Waals surface area contributed by atoms with Crippen molar-refractivity contribution in [2.24, 2.45) is 0 Å². The van der Waals surface area contributed by atoms with E-state index in [0.29, 0.717) is 28.0 Å². The number of allylic oxidation sites excluding steroid dienone is 2. The number of hydrogen-bond acceptors (Lipinski definition) is 3. The van der Waals surface area contributed by atoms with Crippen LogP contribution in [0, 0.1) is 0 Å². The molecule has 90 valence electrons. The molecular formula is C15H12O3. The molecule has 0 saturated carbocycles. The quantitative estimate of drug-likeness (QED) is 0.768. The Bertz CT molecular complexity index is 720. The molecule has 0 atom stereocenters. The molecule has 3 nitrogen and oxygen atoms in total. The summed E-state index contributed by atoms with van der Waals surface area (Å²) in [6.45, 7) is 0. The van der Waals surface area contributed by atoms with Gasteiger partial charge in [0.1, 0.15) is 17.1 Å². The van der Waals surface area contributed by atoms with E-state index in [2.05, 4.69) is 0 Å². The topological polar surface area (TPSA) is 39.4 Å². The lowest BCUT2D eigenvalue weighted by atomic mass is 10.1. The SMILES string of the molecule is COc1ccc2oc3c(c(=O)c2c1)C=CCC=C3. The molecule has 0 spiro atoms. The normalized spacial score (nSPS) is 13.4. The fourth-order valence-electron chi connectivity index (χ4n) is 2.05. The third-order valence-corrected chi connectivity index (χ3v) is 2.99. The minimum absolute atomic E-state index is 0.0204. The second-order valence-corrected chi connectivity index (χ2v) is 4.11. The van der Waals surface area contributed by atoms with Gasteiger partial charge in [-0.15, -0.1) is 0 Å². The van der Waals surface area contributed by atoms with Gasteiger partial charge in [-0.05, 0) is 30.7 Å². The molecule has 3 heteroatoms. The number of ether oxygens (including phenoxy) is 1. The predicted octanol–water partition coefficient (Wildman–Crippen LogP) is 3.23. The molecule has 1 aliphatic carbocycles. The van der Waals surface area contributed by atoms with Crippen molar-refractivity contribution in [1.29, 1.82) is 0 Å². The van der Waals surface area contributed by atoms with Gasteiger partial charge in [0.05, 0.1) is 18.1 Å². The van der Waals surface area contributed by atoms with Gasteiger partial charge >= 0.3 is 0 Å². The monoisotopic (exact) mass is 240 g/mol. The molecule has 1 aliphatic rings. The summed E-state index contributed by atoms with van der Waals surface area (Å²) in [7, 11) is 1.58. The summed E-state index contributed by atoms with van der Waals surface area (Å²) in [6, 6.07) is 5.26. The average Bonchev–Trinajstić information content (AvgIpc) is 2.64. The third-order valence-electron chi connectivity index (χ3n) is 2.99. The number of hydrogen-bond donors (Lipinski definition) is 0. The van der Waals surface area contributed by atoms with Crippen molar-refractivity contribution in [1.82, 2.24) is 0 Å². The van der Waals surface area contributed by atoms with Gasteiger partial charge in [-0.1, -0.05) is 18.2 Å². The first kappa shape index (κ1) is 10.8. The zero-order valence-corrected chi connectivity index (χ0v) is 9.97. The zero-order valence-electron chi connectivity index (χ0n) is 9.97. The Hall–Kier alpha value is -2.29. The first-order valence-electron chi connectivity index (χ1n) is 5.77. The zero-order chi connectivity index (χ0) is 12.5. The molecular weight excluding hydrogens is 228 g/mol. The summed E-state index contributed by atoms with van der Waals surface area (Å²) in [5.41, 5.74) is 1.16. The van der Waals surface area contributed by atoms with E-state index in [4.69, 9.17) is 9.15 Å². The largest absolute Gasteiger partial charge is 0.497 e. The van der Waals surface area contributed by atoms with Crippen LogP contribution < -0.4 is 10.2 Å². The summed E-state index contributed by atoms with van der Waals surface area (Å²) in [6.07, 6.45) is 8.40.